The fourth-order valence-electron chi connectivity index (χ4n) is 3.74. The molecule has 0 amide bonds. The lowest BCUT2D eigenvalue weighted by atomic mass is 9.87. The Kier molecular flexibility index (Phi) is 8.07. The molecule has 4 nitrogen and oxygen atoms in total. The van der Waals surface area contributed by atoms with Gasteiger partial charge in [0.1, 0.15) is 11.5 Å². The van der Waals surface area contributed by atoms with E-state index in [0.717, 1.165) is 44.5 Å². The van der Waals surface area contributed by atoms with Gasteiger partial charge in [0.05, 0.1) is 10.8 Å². The number of benzene rings is 2. The van der Waals surface area contributed by atoms with Gasteiger partial charge in [-0.3, -0.25) is 9.59 Å². The van der Waals surface area contributed by atoms with Crippen molar-refractivity contribution in [1.82, 2.24) is 0 Å². The molecule has 0 saturated heterocycles. The number of rotatable bonds is 7. The molecule has 0 heterocycles. The van der Waals surface area contributed by atoms with Gasteiger partial charge in [0.25, 0.3) is 0 Å². The molecule has 0 aliphatic carbocycles. The minimum Gasteiger partial charge on any atom is -0.426 e. The smallest absolute Gasteiger partial charge is 0.316 e. The van der Waals surface area contributed by atoms with E-state index in [0.29, 0.717) is 24.3 Å². The second-order valence-electron chi connectivity index (χ2n) is 10.9. The Balaban J connectivity index is 2.57. The lowest BCUT2D eigenvalue weighted by Gasteiger charge is -2.25. The largest absolute Gasteiger partial charge is 0.426 e. The Hall–Kier alpha value is -2.62. The van der Waals surface area contributed by atoms with E-state index in [9.17, 15) is 9.59 Å². The molecule has 0 atom stereocenters. The molecule has 2 aromatic rings. The van der Waals surface area contributed by atoms with Crippen LogP contribution in [-0.2, 0) is 9.59 Å². The van der Waals surface area contributed by atoms with Gasteiger partial charge in [0.15, 0.2) is 0 Å². The third-order valence-corrected chi connectivity index (χ3v) is 7.60. The molecule has 0 bridgehead atoms. The predicted molar refractivity (Wildman–Crippen MR) is 140 cm³/mol. The molecular weight excluding hydrogens is 424 g/mol. The minimum absolute atomic E-state index is 0.211. The Morgan fingerprint density at radius 3 is 1.18 bits per heavy atom. The monoisotopic (exact) mass is 466 g/mol. The van der Waals surface area contributed by atoms with E-state index >= 15 is 0 Å². The van der Waals surface area contributed by atoms with Gasteiger partial charge < -0.3 is 9.47 Å². The van der Waals surface area contributed by atoms with Gasteiger partial charge in [-0.2, -0.15) is 0 Å². The maximum absolute atomic E-state index is 12.7. The number of carbonyl (C=O) groups excluding carboxylic acids is 2. The van der Waals surface area contributed by atoms with Crippen molar-refractivity contribution in [1.29, 1.82) is 0 Å². The number of esters is 2. The molecule has 0 unspecified atom stereocenters. The number of hydrogen-bond acceptors (Lipinski definition) is 4. The fraction of sp³-hybridized carbons (Fsp3) is 0.533. The van der Waals surface area contributed by atoms with Gasteiger partial charge in [0.2, 0.25) is 0 Å². The number of ether oxygens (including phenoxy) is 2. The van der Waals surface area contributed by atoms with E-state index in [-0.39, 0.29) is 11.9 Å². The second-order valence-corrected chi connectivity index (χ2v) is 10.9. The Labute approximate surface area is 206 Å². The highest BCUT2D eigenvalue weighted by molar-refractivity contribution is 5.83. The van der Waals surface area contributed by atoms with Crippen LogP contribution in [0.3, 0.4) is 0 Å². The first-order valence-corrected chi connectivity index (χ1v) is 12.3. The summed E-state index contributed by atoms with van der Waals surface area (Å²) in [5.41, 5.74) is 7.05. The van der Waals surface area contributed by atoms with E-state index in [2.05, 4.69) is 26.0 Å². The van der Waals surface area contributed by atoms with Crippen LogP contribution in [0, 0.1) is 52.4 Å². The highest BCUT2D eigenvalue weighted by Gasteiger charge is 2.30. The summed E-state index contributed by atoms with van der Waals surface area (Å²) in [6, 6.07) is 4.19. The number of hydrogen-bond donors (Lipinski definition) is 0. The zero-order valence-electron chi connectivity index (χ0n) is 23.2. The summed E-state index contributed by atoms with van der Waals surface area (Å²) in [7, 11) is 0. The lowest BCUT2D eigenvalue weighted by Crippen LogP contribution is -2.28. The first-order chi connectivity index (χ1) is 15.6. The Morgan fingerprint density at radius 2 is 0.912 bits per heavy atom. The molecule has 0 N–H and O–H groups in total. The van der Waals surface area contributed by atoms with Crippen molar-refractivity contribution < 1.29 is 19.1 Å². The molecule has 0 saturated carbocycles. The molecule has 0 radical (unpaired) electrons. The average Bonchev–Trinajstić information content (AvgIpc) is 2.78. The van der Waals surface area contributed by atoms with Crippen molar-refractivity contribution in [3.05, 3.63) is 45.5 Å². The SMILES string of the molecule is CCC(C)(C)C(=O)Oc1c(C)cc(-c2cc(C)c(OC(=O)C(C)(C)CC)c(C)c2C)c(C)c1C. The minimum atomic E-state index is -0.532. The van der Waals surface area contributed by atoms with Crippen molar-refractivity contribution in [2.24, 2.45) is 10.8 Å². The van der Waals surface area contributed by atoms with Crippen molar-refractivity contribution >= 4 is 11.9 Å². The highest BCUT2D eigenvalue weighted by atomic mass is 16.5. The van der Waals surface area contributed by atoms with Crippen LogP contribution in [0.15, 0.2) is 12.1 Å². The molecule has 0 fully saturated rings. The molecule has 0 aliphatic heterocycles. The van der Waals surface area contributed by atoms with Crippen LogP contribution < -0.4 is 9.47 Å². The standard InChI is InChI=1S/C30H42O4/c1-13-29(9,10)27(31)33-25-17(3)15-23(19(5)21(25)7)24-16-18(4)26(22(8)20(24)6)34-28(32)30(11,12)14-2/h15-16H,13-14H2,1-12H3. The maximum atomic E-state index is 12.7. The third-order valence-electron chi connectivity index (χ3n) is 7.60. The van der Waals surface area contributed by atoms with Crippen LogP contribution in [0.2, 0.25) is 0 Å². The lowest BCUT2D eigenvalue weighted by molar-refractivity contribution is -0.145. The van der Waals surface area contributed by atoms with E-state index < -0.39 is 10.8 Å². The van der Waals surface area contributed by atoms with Gasteiger partial charge in [-0.15, -0.1) is 0 Å². The van der Waals surface area contributed by atoms with Crippen LogP contribution in [0.4, 0.5) is 0 Å². The van der Waals surface area contributed by atoms with E-state index in [4.69, 9.17) is 9.47 Å². The summed E-state index contributed by atoms with van der Waals surface area (Å²) >= 11 is 0. The molecule has 2 rings (SSSR count). The first kappa shape index (κ1) is 27.6. The topological polar surface area (TPSA) is 52.6 Å². The first-order valence-electron chi connectivity index (χ1n) is 12.3. The highest BCUT2D eigenvalue weighted by Crippen LogP contribution is 2.41. The zero-order chi connectivity index (χ0) is 26.2. The second kappa shape index (κ2) is 9.93. The third kappa shape index (κ3) is 5.21. The van der Waals surface area contributed by atoms with Gasteiger partial charge in [-0.05, 0) is 139 Å². The normalized spacial score (nSPS) is 12.0. The quantitative estimate of drug-likeness (QED) is 0.307. The average molecular weight is 467 g/mol. The summed E-state index contributed by atoms with van der Waals surface area (Å²) < 4.78 is 11.8. The van der Waals surface area contributed by atoms with Crippen LogP contribution in [-0.4, -0.2) is 11.9 Å². The van der Waals surface area contributed by atoms with Crippen molar-refractivity contribution in [3.63, 3.8) is 0 Å². The van der Waals surface area contributed by atoms with Gasteiger partial charge >= 0.3 is 11.9 Å². The van der Waals surface area contributed by atoms with Crippen molar-refractivity contribution in [3.8, 4) is 22.6 Å². The van der Waals surface area contributed by atoms with Gasteiger partial charge in [-0.1, -0.05) is 13.8 Å². The van der Waals surface area contributed by atoms with Crippen molar-refractivity contribution in [2.45, 2.75) is 95.9 Å². The summed E-state index contributed by atoms with van der Waals surface area (Å²) in [5, 5.41) is 0. The number of aryl methyl sites for hydroxylation is 2. The van der Waals surface area contributed by atoms with Crippen molar-refractivity contribution in [2.75, 3.05) is 0 Å². The molecule has 0 aromatic heterocycles. The maximum Gasteiger partial charge on any atom is 0.316 e. The molecule has 2 aromatic carbocycles. The number of carbonyl (C=O) groups is 2. The molecule has 4 heteroatoms. The van der Waals surface area contributed by atoms with Gasteiger partial charge in [0, 0.05) is 0 Å². The van der Waals surface area contributed by atoms with Crippen LogP contribution in [0.1, 0.15) is 87.8 Å². The van der Waals surface area contributed by atoms with Gasteiger partial charge in [-0.25, -0.2) is 0 Å². The summed E-state index contributed by atoms with van der Waals surface area (Å²) in [6.07, 6.45) is 1.43. The van der Waals surface area contributed by atoms with Crippen LogP contribution >= 0.6 is 0 Å². The van der Waals surface area contributed by atoms with E-state index in [1.807, 2.05) is 69.2 Å². The Bertz CT molecular complexity index is 1030. The Morgan fingerprint density at radius 1 is 0.618 bits per heavy atom. The summed E-state index contributed by atoms with van der Waals surface area (Å²) in [5.74, 6) is 0.868. The predicted octanol–water partition coefficient (Wildman–Crippen LogP) is 7.89. The zero-order valence-corrected chi connectivity index (χ0v) is 23.2. The summed E-state index contributed by atoms with van der Waals surface area (Å²) in [6.45, 7) is 23.7. The molecule has 0 aliphatic rings. The van der Waals surface area contributed by atoms with E-state index in [1.165, 1.54) is 0 Å². The fourth-order valence-corrected chi connectivity index (χ4v) is 3.74. The van der Waals surface area contributed by atoms with Crippen LogP contribution in [0.25, 0.3) is 11.1 Å². The van der Waals surface area contributed by atoms with Crippen LogP contribution in [0.5, 0.6) is 11.5 Å². The van der Waals surface area contributed by atoms with E-state index in [1.54, 1.807) is 0 Å². The molecule has 0 spiro atoms. The molecular formula is C30H42O4. The summed E-state index contributed by atoms with van der Waals surface area (Å²) in [4.78, 5) is 25.5. The molecule has 34 heavy (non-hydrogen) atoms. The molecule has 186 valence electrons.